The lowest BCUT2D eigenvalue weighted by Gasteiger charge is -2.05. The molecule has 0 radical (unpaired) electrons. The summed E-state index contributed by atoms with van der Waals surface area (Å²) in [6, 6.07) is 7.70. The monoisotopic (exact) mass is 302 g/mol. The molecule has 0 aliphatic carbocycles. The number of thiophene rings is 1. The SMILES string of the molecule is NCC#Cc1ccc(CNC(=O)c2ccc(O)c(O)c2)s1. The van der Waals surface area contributed by atoms with Crippen molar-refractivity contribution in [3.8, 4) is 23.3 Å². The Balaban J connectivity index is 1.97. The van der Waals surface area contributed by atoms with Crippen molar-refractivity contribution in [3.05, 3.63) is 45.6 Å². The van der Waals surface area contributed by atoms with Gasteiger partial charge in [0.25, 0.3) is 5.91 Å². The van der Waals surface area contributed by atoms with E-state index in [0.717, 1.165) is 9.75 Å². The van der Waals surface area contributed by atoms with Gasteiger partial charge in [0.05, 0.1) is 18.0 Å². The molecule has 0 fully saturated rings. The van der Waals surface area contributed by atoms with Crippen molar-refractivity contribution in [2.45, 2.75) is 6.54 Å². The minimum absolute atomic E-state index is 0.257. The molecule has 0 saturated heterocycles. The standard InChI is InChI=1S/C15H14N2O3S/c16-7-1-2-11-4-5-12(21-11)9-17-15(20)10-3-6-13(18)14(19)8-10/h3-6,8,18-19H,7,9,16H2,(H,17,20). The topological polar surface area (TPSA) is 95.6 Å². The first kappa shape index (κ1) is 14.9. The van der Waals surface area contributed by atoms with Gasteiger partial charge in [-0.2, -0.15) is 0 Å². The van der Waals surface area contributed by atoms with Gasteiger partial charge in [0, 0.05) is 10.4 Å². The third-order valence-electron chi connectivity index (χ3n) is 2.64. The van der Waals surface area contributed by atoms with Crippen LogP contribution in [0.3, 0.4) is 0 Å². The molecule has 108 valence electrons. The highest BCUT2D eigenvalue weighted by molar-refractivity contribution is 7.12. The number of nitrogens with one attached hydrogen (secondary N) is 1. The second-order valence-corrected chi connectivity index (χ2v) is 5.33. The number of hydrogen-bond acceptors (Lipinski definition) is 5. The maximum atomic E-state index is 11.9. The highest BCUT2D eigenvalue weighted by atomic mass is 32.1. The smallest absolute Gasteiger partial charge is 0.251 e. The minimum Gasteiger partial charge on any atom is -0.504 e. The highest BCUT2D eigenvalue weighted by Gasteiger charge is 2.09. The predicted octanol–water partition coefficient (Wildman–Crippen LogP) is 1.40. The number of phenolic OH excluding ortho intramolecular Hbond substituents is 2. The number of benzene rings is 1. The first-order valence-corrected chi connectivity index (χ1v) is 6.99. The molecule has 6 heteroatoms. The molecule has 2 aromatic rings. The summed E-state index contributed by atoms with van der Waals surface area (Å²) in [5.74, 6) is 4.79. The zero-order valence-corrected chi connectivity index (χ0v) is 11.9. The minimum atomic E-state index is -0.326. The predicted molar refractivity (Wildman–Crippen MR) is 81.2 cm³/mol. The molecule has 1 aromatic carbocycles. The lowest BCUT2D eigenvalue weighted by molar-refractivity contribution is 0.0951. The zero-order chi connectivity index (χ0) is 15.2. The lowest BCUT2D eigenvalue weighted by Crippen LogP contribution is -2.22. The average Bonchev–Trinajstić information content (AvgIpc) is 2.93. The van der Waals surface area contributed by atoms with Crippen molar-refractivity contribution in [2.24, 2.45) is 5.73 Å². The molecule has 2 rings (SSSR count). The molecule has 1 aromatic heterocycles. The Morgan fingerprint density at radius 1 is 1.24 bits per heavy atom. The van der Waals surface area contributed by atoms with Crippen molar-refractivity contribution in [2.75, 3.05) is 6.54 Å². The van der Waals surface area contributed by atoms with E-state index in [1.165, 1.54) is 29.5 Å². The van der Waals surface area contributed by atoms with Crippen molar-refractivity contribution < 1.29 is 15.0 Å². The van der Waals surface area contributed by atoms with E-state index >= 15 is 0 Å². The van der Waals surface area contributed by atoms with E-state index in [1.54, 1.807) is 0 Å². The Hall–Kier alpha value is -2.49. The third-order valence-corrected chi connectivity index (χ3v) is 3.64. The molecule has 0 aliphatic rings. The maximum absolute atomic E-state index is 11.9. The summed E-state index contributed by atoms with van der Waals surface area (Å²) in [5, 5.41) is 21.3. The molecule has 0 atom stereocenters. The summed E-state index contributed by atoms with van der Waals surface area (Å²) < 4.78 is 0. The fourth-order valence-corrected chi connectivity index (χ4v) is 2.43. The van der Waals surface area contributed by atoms with E-state index < -0.39 is 0 Å². The van der Waals surface area contributed by atoms with E-state index in [0.29, 0.717) is 13.1 Å². The number of rotatable bonds is 3. The largest absolute Gasteiger partial charge is 0.504 e. The molecule has 0 unspecified atom stereocenters. The van der Waals surface area contributed by atoms with Gasteiger partial charge in [-0.05, 0) is 30.3 Å². The zero-order valence-electron chi connectivity index (χ0n) is 11.1. The first-order chi connectivity index (χ1) is 10.1. The fourth-order valence-electron chi connectivity index (χ4n) is 1.61. The molecule has 0 aliphatic heterocycles. The summed E-state index contributed by atoms with van der Waals surface area (Å²) in [6.45, 7) is 0.684. The Morgan fingerprint density at radius 3 is 2.76 bits per heavy atom. The second kappa shape index (κ2) is 6.79. The van der Waals surface area contributed by atoms with Crippen LogP contribution in [0.25, 0.3) is 0 Å². The van der Waals surface area contributed by atoms with Crippen LogP contribution >= 0.6 is 11.3 Å². The van der Waals surface area contributed by atoms with Crippen LogP contribution < -0.4 is 11.1 Å². The molecule has 1 heterocycles. The normalized spacial score (nSPS) is 9.76. The fraction of sp³-hybridized carbons (Fsp3) is 0.133. The summed E-state index contributed by atoms with van der Waals surface area (Å²) in [6.07, 6.45) is 0. The molecule has 0 spiro atoms. The van der Waals surface area contributed by atoms with Crippen LogP contribution in [0.4, 0.5) is 0 Å². The van der Waals surface area contributed by atoms with Crippen LogP contribution in [0, 0.1) is 11.8 Å². The summed E-state index contributed by atoms with van der Waals surface area (Å²) in [7, 11) is 0. The number of hydrogen-bond donors (Lipinski definition) is 4. The number of nitrogens with two attached hydrogens (primary N) is 1. The molecule has 5 N–H and O–H groups in total. The Labute approximate surface area is 126 Å². The van der Waals surface area contributed by atoms with E-state index in [4.69, 9.17) is 5.73 Å². The van der Waals surface area contributed by atoms with Crippen LogP contribution in [0.1, 0.15) is 20.1 Å². The average molecular weight is 302 g/mol. The van der Waals surface area contributed by atoms with Crippen molar-refractivity contribution in [1.29, 1.82) is 0 Å². The van der Waals surface area contributed by atoms with E-state index in [-0.39, 0.29) is 23.0 Å². The maximum Gasteiger partial charge on any atom is 0.251 e. The molecule has 5 nitrogen and oxygen atoms in total. The molecule has 1 amide bonds. The first-order valence-electron chi connectivity index (χ1n) is 6.18. The highest BCUT2D eigenvalue weighted by Crippen LogP contribution is 2.24. The van der Waals surface area contributed by atoms with Gasteiger partial charge in [0.2, 0.25) is 0 Å². The summed E-state index contributed by atoms with van der Waals surface area (Å²) in [4.78, 5) is 13.8. The van der Waals surface area contributed by atoms with Gasteiger partial charge in [0.1, 0.15) is 0 Å². The van der Waals surface area contributed by atoms with Crippen LogP contribution in [-0.2, 0) is 6.54 Å². The van der Waals surface area contributed by atoms with Gasteiger partial charge in [-0.15, -0.1) is 11.3 Å². The van der Waals surface area contributed by atoms with Gasteiger partial charge in [-0.25, -0.2) is 0 Å². The van der Waals surface area contributed by atoms with E-state index in [9.17, 15) is 15.0 Å². The summed E-state index contributed by atoms with van der Waals surface area (Å²) >= 11 is 1.48. The molecule has 0 bridgehead atoms. The van der Waals surface area contributed by atoms with E-state index in [2.05, 4.69) is 17.2 Å². The second-order valence-electron chi connectivity index (χ2n) is 4.16. The molecular weight excluding hydrogens is 288 g/mol. The van der Waals surface area contributed by atoms with Gasteiger partial charge in [-0.3, -0.25) is 4.79 Å². The van der Waals surface area contributed by atoms with Crippen molar-refractivity contribution in [3.63, 3.8) is 0 Å². The van der Waals surface area contributed by atoms with Crippen LogP contribution in [-0.4, -0.2) is 22.7 Å². The van der Waals surface area contributed by atoms with Gasteiger partial charge >= 0.3 is 0 Å². The third kappa shape index (κ3) is 3.99. The van der Waals surface area contributed by atoms with Crippen LogP contribution in [0.5, 0.6) is 11.5 Å². The summed E-state index contributed by atoms with van der Waals surface area (Å²) in [5.41, 5.74) is 5.59. The van der Waals surface area contributed by atoms with Crippen LogP contribution in [0.15, 0.2) is 30.3 Å². The molecule has 21 heavy (non-hydrogen) atoms. The lowest BCUT2D eigenvalue weighted by atomic mass is 10.2. The Bertz CT molecular complexity index is 713. The van der Waals surface area contributed by atoms with Gasteiger partial charge in [-0.1, -0.05) is 11.8 Å². The number of aromatic hydroxyl groups is 2. The van der Waals surface area contributed by atoms with Crippen LogP contribution in [0.2, 0.25) is 0 Å². The Kier molecular flexibility index (Phi) is 4.82. The van der Waals surface area contributed by atoms with Crippen molar-refractivity contribution >= 4 is 17.2 Å². The van der Waals surface area contributed by atoms with Gasteiger partial charge < -0.3 is 21.3 Å². The quantitative estimate of drug-likeness (QED) is 0.509. The number of amides is 1. The van der Waals surface area contributed by atoms with Crippen molar-refractivity contribution in [1.82, 2.24) is 5.32 Å². The number of carbonyl (C=O) groups is 1. The number of carbonyl (C=O) groups excluding carboxylic acids is 1. The van der Waals surface area contributed by atoms with Gasteiger partial charge in [0.15, 0.2) is 11.5 Å². The Morgan fingerprint density at radius 2 is 2.05 bits per heavy atom. The molecule has 0 saturated carbocycles. The van der Waals surface area contributed by atoms with E-state index in [1.807, 2.05) is 12.1 Å². The number of phenols is 2. The molecular formula is C15H14N2O3S.